The van der Waals surface area contributed by atoms with Crippen molar-refractivity contribution in [3.63, 3.8) is 0 Å². The number of carbonyl (C=O) groups excluding carboxylic acids is 2. The van der Waals surface area contributed by atoms with Gasteiger partial charge in [0.05, 0.1) is 18.6 Å². The summed E-state index contributed by atoms with van der Waals surface area (Å²) >= 11 is 0. The lowest BCUT2D eigenvalue weighted by Crippen LogP contribution is -2.42. The first-order chi connectivity index (χ1) is 11.0. The monoisotopic (exact) mass is 312 g/mol. The van der Waals surface area contributed by atoms with Crippen molar-refractivity contribution in [2.45, 2.75) is 25.5 Å². The molecule has 0 aliphatic carbocycles. The topological polar surface area (TPSA) is 69.6 Å². The van der Waals surface area contributed by atoms with E-state index in [1.54, 1.807) is 4.90 Å². The molecule has 0 aromatic heterocycles. The molecular weight excluding hydrogens is 292 g/mol. The first-order valence-electron chi connectivity index (χ1n) is 7.73. The predicted molar refractivity (Wildman–Crippen MR) is 87.8 cm³/mol. The Morgan fingerprint density at radius 3 is 2.65 bits per heavy atom. The van der Waals surface area contributed by atoms with Crippen molar-refractivity contribution in [1.82, 2.24) is 10.2 Å². The van der Waals surface area contributed by atoms with E-state index in [9.17, 15) is 14.7 Å². The molecule has 5 nitrogen and oxygen atoms in total. The van der Waals surface area contributed by atoms with E-state index in [0.29, 0.717) is 13.0 Å². The predicted octanol–water partition coefficient (Wildman–Crippen LogP) is 1.09. The third-order valence-electron chi connectivity index (χ3n) is 4.20. The zero-order valence-electron chi connectivity index (χ0n) is 13.0. The molecule has 0 saturated carbocycles. The third-order valence-corrected chi connectivity index (χ3v) is 4.20. The van der Waals surface area contributed by atoms with Gasteiger partial charge in [0, 0.05) is 20.0 Å². The van der Waals surface area contributed by atoms with Gasteiger partial charge in [0.1, 0.15) is 0 Å². The lowest BCUT2D eigenvalue weighted by atomic mass is 10.0. The van der Waals surface area contributed by atoms with Gasteiger partial charge in [-0.25, -0.2) is 0 Å². The Labute approximate surface area is 134 Å². The number of hydrogen-bond donors (Lipinski definition) is 2. The normalized spacial score (nSPS) is 20.7. The molecule has 1 fully saturated rings. The number of aliphatic hydroxyl groups excluding tert-OH is 1. The van der Waals surface area contributed by atoms with Gasteiger partial charge < -0.3 is 15.3 Å². The molecule has 1 aliphatic heterocycles. The van der Waals surface area contributed by atoms with Gasteiger partial charge in [-0.2, -0.15) is 0 Å². The number of carbonyl (C=O) groups is 2. The number of fused-ring (bicyclic) bond motifs is 1. The first-order valence-corrected chi connectivity index (χ1v) is 7.73. The summed E-state index contributed by atoms with van der Waals surface area (Å²) in [4.78, 5) is 25.2. The maximum absolute atomic E-state index is 12.4. The van der Waals surface area contributed by atoms with Crippen molar-refractivity contribution >= 4 is 22.6 Å². The molecule has 3 rings (SSSR count). The molecule has 2 aromatic carbocycles. The first kappa shape index (κ1) is 15.5. The Balaban J connectivity index is 1.67. The largest absolute Gasteiger partial charge is 0.389 e. The summed E-state index contributed by atoms with van der Waals surface area (Å²) in [6.07, 6.45) is -0.413. The molecule has 0 bridgehead atoms. The van der Waals surface area contributed by atoms with Crippen LogP contribution in [0.25, 0.3) is 10.8 Å². The van der Waals surface area contributed by atoms with Crippen LogP contribution in [0.15, 0.2) is 42.5 Å². The number of benzene rings is 2. The Hall–Kier alpha value is -2.40. The molecule has 23 heavy (non-hydrogen) atoms. The molecule has 2 atom stereocenters. The fourth-order valence-corrected chi connectivity index (χ4v) is 3.03. The number of rotatable bonds is 3. The molecule has 2 amide bonds. The summed E-state index contributed by atoms with van der Waals surface area (Å²) in [7, 11) is 0. The van der Waals surface area contributed by atoms with Gasteiger partial charge in [-0.15, -0.1) is 0 Å². The summed E-state index contributed by atoms with van der Waals surface area (Å²) in [5, 5.41) is 14.9. The van der Waals surface area contributed by atoms with Gasteiger partial charge in [0.25, 0.3) is 0 Å². The van der Waals surface area contributed by atoms with Crippen LogP contribution in [-0.2, 0) is 16.0 Å². The second-order valence-corrected chi connectivity index (χ2v) is 6.03. The average molecular weight is 312 g/mol. The van der Waals surface area contributed by atoms with Gasteiger partial charge in [-0.05, 0) is 16.3 Å². The number of nitrogens with one attached hydrogen (secondary N) is 1. The second kappa shape index (κ2) is 6.38. The fourth-order valence-electron chi connectivity index (χ4n) is 3.03. The number of likely N-dealkylation sites (tertiary alicyclic amines) is 1. The van der Waals surface area contributed by atoms with Gasteiger partial charge in [-0.3, -0.25) is 9.59 Å². The van der Waals surface area contributed by atoms with Gasteiger partial charge >= 0.3 is 0 Å². The van der Waals surface area contributed by atoms with E-state index < -0.39 is 6.10 Å². The van der Waals surface area contributed by atoms with Crippen LogP contribution < -0.4 is 5.32 Å². The molecule has 2 N–H and O–H groups in total. The van der Waals surface area contributed by atoms with Crippen LogP contribution >= 0.6 is 0 Å². The van der Waals surface area contributed by atoms with Crippen molar-refractivity contribution in [2.75, 3.05) is 13.1 Å². The second-order valence-electron chi connectivity index (χ2n) is 6.03. The molecule has 0 unspecified atom stereocenters. The molecule has 1 aliphatic rings. The maximum Gasteiger partial charge on any atom is 0.227 e. The summed E-state index contributed by atoms with van der Waals surface area (Å²) in [5.41, 5.74) is 0.950. The molecule has 5 heteroatoms. The summed E-state index contributed by atoms with van der Waals surface area (Å²) in [6, 6.07) is 13.6. The van der Waals surface area contributed by atoms with Crippen LogP contribution in [0.2, 0.25) is 0 Å². The van der Waals surface area contributed by atoms with Gasteiger partial charge in [-0.1, -0.05) is 42.5 Å². The molecule has 1 heterocycles. The van der Waals surface area contributed by atoms with Crippen LogP contribution in [0.1, 0.15) is 12.5 Å². The summed E-state index contributed by atoms with van der Waals surface area (Å²) in [6.45, 7) is 2.02. The average Bonchev–Trinajstić information content (AvgIpc) is 2.87. The molecule has 2 aromatic rings. The summed E-state index contributed by atoms with van der Waals surface area (Å²) < 4.78 is 0. The van der Waals surface area contributed by atoms with Crippen molar-refractivity contribution in [1.29, 1.82) is 0 Å². The Morgan fingerprint density at radius 2 is 1.91 bits per heavy atom. The van der Waals surface area contributed by atoms with Crippen LogP contribution in [0.4, 0.5) is 0 Å². The molecular formula is C18H20N2O3. The quantitative estimate of drug-likeness (QED) is 0.891. The van der Waals surface area contributed by atoms with Crippen LogP contribution in [-0.4, -0.2) is 47.1 Å². The number of nitrogens with zero attached hydrogens (tertiary/aromatic N) is 1. The molecule has 120 valence electrons. The lowest BCUT2D eigenvalue weighted by molar-refractivity contribution is -0.130. The SMILES string of the molecule is CC(=O)N[C@@H]1CN(C(=O)Cc2ccc3ccccc3c2)C[C@H]1O. The highest BCUT2D eigenvalue weighted by Crippen LogP contribution is 2.18. The minimum atomic E-state index is -0.709. The van der Waals surface area contributed by atoms with Crippen LogP contribution in [0.5, 0.6) is 0 Å². The minimum absolute atomic E-state index is 0.0350. The molecule has 0 radical (unpaired) electrons. The zero-order valence-corrected chi connectivity index (χ0v) is 13.0. The molecule has 1 saturated heterocycles. The summed E-state index contributed by atoms with van der Waals surface area (Å²) in [5.74, 6) is -0.231. The van der Waals surface area contributed by atoms with Gasteiger partial charge in [0.15, 0.2) is 0 Å². The number of hydrogen-bond acceptors (Lipinski definition) is 3. The van der Waals surface area contributed by atoms with Crippen LogP contribution in [0.3, 0.4) is 0 Å². The fraction of sp³-hybridized carbons (Fsp3) is 0.333. The van der Waals surface area contributed by atoms with E-state index in [2.05, 4.69) is 5.32 Å². The highest BCUT2D eigenvalue weighted by molar-refractivity contribution is 5.85. The lowest BCUT2D eigenvalue weighted by Gasteiger charge is -2.16. The van der Waals surface area contributed by atoms with Gasteiger partial charge in [0.2, 0.25) is 11.8 Å². The Kier molecular flexibility index (Phi) is 4.30. The van der Waals surface area contributed by atoms with Crippen molar-refractivity contribution in [3.05, 3.63) is 48.0 Å². The van der Waals surface area contributed by atoms with E-state index in [0.717, 1.165) is 16.3 Å². The Morgan fingerprint density at radius 1 is 1.17 bits per heavy atom. The molecule has 0 spiro atoms. The third kappa shape index (κ3) is 3.51. The number of amides is 2. The highest BCUT2D eigenvalue weighted by Gasteiger charge is 2.34. The number of β-amino-alcohol motifs (C(OH)–C–C–N with tert-alkyl or cyclic N) is 1. The standard InChI is InChI=1S/C18H20N2O3/c1-12(21)19-16-10-20(11-17(16)22)18(23)9-13-6-7-14-4-2-3-5-15(14)8-13/h2-8,16-17,22H,9-11H2,1H3,(H,19,21)/t16-,17-/m1/s1. The van der Waals surface area contributed by atoms with E-state index in [4.69, 9.17) is 0 Å². The van der Waals surface area contributed by atoms with Crippen LogP contribution in [0, 0.1) is 0 Å². The van der Waals surface area contributed by atoms with Crippen molar-refractivity contribution in [3.8, 4) is 0 Å². The minimum Gasteiger partial charge on any atom is -0.389 e. The van der Waals surface area contributed by atoms with E-state index in [-0.39, 0.29) is 24.4 Å². The van der Waals surface area contributed by atoms with Crippen molar-refractivity contribution in [2.24, 2.45) is 0 Å². The smallest absolute Gasteiger partial charge is 0.227 e. The Bertz CT molecular complexity index is 744. The highest BCUT2D eigenvalue weighted by atomic mass is 16.3. The maximum atomic E-state index is 12.4. The van der Waals surface area contributed by atoms with E-state index in [1.165, 1.54) is 6.92 Å². The number of aliphatic hydroxyl groups is 1. The van der Waals surface area contributed by atoms with Crippen molar-refractivity contribution < 1.29 is 14.7 Å². The zero-order chi connectivity index (χ0) is 16.4. The van der Waals surface area contributed by atoms with E-state index in [1.807, 2.05) is 42.5 Å². The van der Waals surface area contributed by atoms with E-state index >= 15 is 0 Å².